The van der Waals surface area contributed by atoms with Gasteiger partial charge in [-0.15, -0.1) is 0 Å². The van der Waals surface area contributed by atoms with Crippen molar-refractivity contribution in [2.75, 3.05) is 39.5 Å². The van der Waals surface area contributed by atoms with Crippen LogP contribution >= 0.6 is 0 Å². The van der Waals surface area contributed by atoms with Crippen LogP contribution in [-0.4, -0.2) is 45.5 Å². The maximum atomic E-state index is 5.71. The first-order valence-electron chi connectivity index (χ1n) is 8.32. The average Bonchev–Trinajstić information content (AvgIpc) is 2.81. The maximum Gasteiger partial charge on any atom is 0.191 e. The highest BCUT2D eigenvalue weighted by atomic mass is 16.5. The van der Waals surface area contributed by atoms with Crippen molar-refractivity contribution in [2.45, 2.75) is 26.8 Å². The molecule has 1 aliphatic heterocycles. The van der Waals surface area contributed by atoms with Gasteiger partial charge in [0.2, 0.25) is 0 Å². The number of benzene rings is 1. The van der Waals surface area contributed by atoms with Gasteiger partial charge in [-0.25, -0.2) is 4.99 Å². The van der Waals surface area contributed by atoms with Crippen molar-refractivity contribution >= 4 is 5.96 Å². The summed E-state index contributed by atoms with van der Waals surface area (Å²) in [7, 11) is 0. The monoisotopic (exact) mass is 321 g/mol. The van der Waals surface area contributed by atoms with Crippen molar-refractivity contribution in [1.82, 2.24) is 10.6 Å². The molecule has 6 nitrogen and oxygen atoms in total. The van der Waals surface area contributed by atoms with E-state index in [4.69, 9.17) is 14.2 Å². The Morgan fingerprint density at radius 2 is 2.00 bits per heavy atom. The van der Waals surface area contributed by atoms with E-state index in [2.05, 4.69) is 15.6 Å². The van der Waals surface area contributed by atoms with E-state index in [1.165, 1.54) is 0 Å². The quantitative estimate of drug-likeness (QED) is 0.456. The third-order valence-corrected chi connectivity index (χ3v) is 3.32. The second kappa shape index (κ2) is 9.94. The number of hydrogen-bond donors (Lipinski definition) is 2. The largest absolute Gasteiger partial charge is 0.490 e. The van der Waals surface area contributed by atoms with E-state index in [-0.39, 0.29) is 0 Å². The number of ether oxygens (including phenoxy) is 3. The van der Waals surface area contributed by atoms with Crippen LogP contribution in [0.5, 0.6) is 11.5 Å². The molecule has 128 valence electrons. The van der Waals surface area contributed by atoms with E-state index in [0.717, 1.165) is 49.1 Å². The molecule has 0 amide bonds. The summed E-state index contributed by atoms with van der Waals surface area (Å²) in [6, 6.07) is 6.00. The minimum absolute atomic E-state index is 0.584. The minimum Gasteiger partial charge on any atom is -0.490 e. The van der Waals surface area contributed by atoms with Crippen LogP contribution in [0, 0.1) is 0 Å². The lowest BCUT2D eigenvalue weighted by atomic mass is 10.2. The van der Waals surface area contributed by atoms with Gasteiger partial charge in [0.25, 0.3) is 0 Å². The molecular weight excluding hydrogens is 294 g/mol. The van der Waals surface area contributed by atoms with Gasteiger partial charge in [0.15, 0.2) is 17.5 Å². The fourth-order valence-corrected chi connectivity index (χ4v) is 2.20. The maximum absolute atomic E-state index is 5.71. The molecule has 0 saturated carbocycles. The topological polar surface area (TPSA) is 64.1 Å². The summed E-state index contributed by atoms with van der Waals surface area (Å²) in [6.07, 6.45) is 0.913. The molecule has 1 aromatic carbocycles. The predicted octanol–water partition coefficient (Wildman–Crippen LogP) is 1.94. The molecule has 1 aromatic rings. The Kier molecular flexibility index (Phi) is 7.52. The Bertz CT molecular complexity index is 506. The van der Waals surface area contributed by atoms with E-state index in [1.54, 1.807) is 0 Å². The second-order valence-electron chi connectivity index (χ2n) is 5.15. The molecule has 2 N–H and O–H groups in total. The summed E-state index contributed by atoms with van der Waals surface area (Å²) in [5.41, 5.74) is 1.09. The molecule has 0 spiro atoms. The number of nitrogens with one attached hydrogen (secondary N) is 2. The van der Waals surface area contributed by atoms with E-state index in [9.17, 15) is 0 Å². The highest BCUT2D eigenvalue weighted by Gasteiger charge is 2.10. The number of aliphatic imine (C=N–C) groups is 1. The summed E-state index contributed by atoms with van der Waals surface area (Å²) in [5.74, 6) is 2.42. The van der Waals surface area contributed by atoms with Crippen LogP contribution in [0.4, 0.5) is 0 Å². The van der Waals surface area contributed by atoms with Crippen LogP contribution in [0.15, 0.2) is 23.2 Å². The van der Waals surface area contributed by atoms with Crippen LogP contribution in [0.2, 0.25) is 0 Å². The second-order valence-corrected chi connectivity index (χ2v) is 5.15. The van der Waals surface area contributed by atoms with E-state index in [1.807, 2.05) is 32.0 Å². The van der Waals surface area contributed by atoms with Crippen LogP contribution in [0.25, 0.3) is 0 Å². The lowest BCUT2D eigenvalue weighted by Gasteiger charge is -2.12. The van der Waals surface area contributed by atoms with Gasteiger partial charge in [0.1, 0.15) is 0 Å². The molecule has 0 unspecified atom stereocenters. The number of hydrogen-bond acceptors (Lipinski definition) is 4. The fourth-order valence-electron chi connectivity index (χ4n) is 2.20. The van der Waals surface area contributed by atoms with Gasteiger partial charge in [-0.1, -0.05) is 6.07 Å². The smallest absolute Gasteiger partial charge is 0.191 e. The summed E-state index contributed by atoms with van der Waals surface area (Å²) in [5, 5.41) is 6.49. The Morgan fingerprint density at radius 1 is 1.17 bits per heavy atom. The minimum atomic E-state index is 0.584. The Hall–Kier alpha value is -1.95. The SMILES string of the molecule is CCNC(=NCc1ccc2c(c1)OCCCO2)NCCOCC. The van der Waals surface area contributed by atoms with E-state index >= 15 is 0 Å². The Labute approximate surface area is 138 Å². The number of fused-ring (bicyclic) bond motifs is 1. The third-order valence-electron chi connectivity index (χ3n) is 3.32. The van der Waals surface area contributed by atoms with Gasteiger partial charge >= 0.3 is 0 Å². The predicted molar refractivity (Wildman–Crippen MR) is 91.4 cm³/mol. The molecule has 1 heterocycles. The first-order chi connectivity index (χ1) is 11.3. The van der Waals surface area contributed by atoms with Gasteiger partial charge in [-0.05, 0) is 31.5 Å². The van der Waals surface area contributed by atoms with Crippen LogP contribution in [0.1, 0.15) is 25.8 Å². The lowest BCUT2D eigenvalue weighted by molar-refractivity contribution is 0.152. The van der Waals surface area contributed by atoms with Crippen molar-refractivity contribution in [3.63, 3.8) is 0 Å². The Balaban J connectivity index is 1.93. The van der Waals surface area contributed by atoms with Gasteiger partial charge in [0.05, 0.1) is 26.4 Å². The van der Waals surface area contributed by atoms with Crippen LogP contribution in [0.3, 0.4) is 0 Å². The normalized spacial score (nSPS) is 14.3. The zero-order valence-electron chi connectivity index (χ0n) is 14.1. The zero-order chi connectivity index (χ0) is 16.3. The molecule has 0 atom stereocenters. The zero-order valence-corrected chi connectivity index (χ0v) is 14.1. The standard InChI is InChI=1S/C17H27N3O3/c1-3-18-17(19-8-11-21-4-2)20-13-14-6-7-15-16(12-14)23-10-5-9-22-15/h6-7,12H,3-5,8-11,13H2,1-2H3,(H2,18,19,20). The molecule has 0 fully saturated rings. The van der Waals surface area contributed by atoms with Crippen LogP contribution in [-0.2, 0) is 11.3 Å². The molecule has 0 bridgehead atoms. The van der Waals surface area contributed by atoms with E-state index < -0.39 is 0 Å². The highest BCUT2D eigenvalue weighted by Crippen LogP contribution is 2.30. The van der Waals surface area contributed by atoms with Crippen molar-refractivity contribution in [3.8, 4) is 11.5 Å². The first-order valence-corrected chi connectivity index (χ1v) is 8.32. The molecular formula is C17H27N3O3. The number of rotatable bonds is 7. The van der Waals surface area contributed by atoms with Gasteiger partial charge in [-0.3, -0.25) is 0 Å². The van der Waals surface area contributed by atoms with Crippen molar-refractivity contribution in [2.24, 2.45) is 4.99 Å². The summed E-state index contributed by atoms with van der Waals surface area (Å²) in [6.45, 7) is 8.98. The van der Waals surface area contributed by atoms with Gasteiger partial charge in [-0.2, -0.15) is 0 Å². The highest BCUT2D eigenvalue weighted by molar-refractivity contribution is 5.79. The summed E-state index contributed by atoms with van der Waals surface area (Å²) >= 11 is 0. The van der Waals surface area contributed by atoms with Crippen LogP contribution < -0.4 is 20.1 Å². The fraction of sp³-hybridized carbons (Fsp3) is 0.588. The van der Waals surface area contributed by atoms with E-state index in [0.29, 0.717) is 26.4 Å². The first kappa shape index (κ1) is 17.4. The van der Waals surface area contributed by atoms with Crippen molar-refractivity contribution in [1.29, 1.82) is 0 Å². The number of guanidine groups is 1. The third kappa shape index (κ3) is 5.98. The van der Waals surface area contributed by atoms with Gasteiger partial charge < -0.3 is 24.8 Å². The molecule has 23 heavy (non-hydrogen) atoms. The lowest BCUT2D eigenvalue weighted by Crippen LogP contribution is -2.39. The average molecular weight is 321 g/mol. The summed E-state index contributed by atoms with van der Waals surface area (Å²) < 4.78 is 16.7. The molecule has 0 aliphatic carbocycles. The molecule has 1 aliphatic rings. The van der Waals surface area contributed by atoms with Gasteiger partial charge in [0, 0.05) is 26.1 Å². The molecule has 0 radical (unpaired) electrons. The van der Waals surface area contributed by atoms with Crippen molar-refractivity contribution in [3.05, 3.63) is 23.8 Å². The molecule has 2 rings (SSSR count). The van der Waals surface area contributed by atoms with Crippen molar-refractivity contribution < 1.29 is 14.2 Å². The molecule has 0 saturated heterocycles. The molecule has 6 heteroatoms. The Morgan fingerprint density at radius 3 is 2.78 bits per heavy atom. The summed E-state index contributed by atoms with van der Waals surface area (Å²) in [4.78, 5) is 4.60. The number of nitrogens with zero attached hydrogens (tertiary/aromatic N) is 1. The molecule has 0 aromatic heterocycles.